The number of nitrogens with one attached hydrogen (secondary N) is 2. The third-order valence-electron chi connectivity index (χ3n) is 5.55. The van der Waals surface area contributed by atoms with Gasteiger partial charge in [0.15, 0.2) is 5.96 Å². The molecule has 1 aromatic rings. The van der Waals surface area contributed by atoms with Crippen LogP contribution in [-0.2, 0) is 4.74 Å². The number of piperidine rings is 1. The van der Waals surface area contributed by atoms with Crippen LogP contribution in [-0.4, -0.2) is 62.8 Å². The van der Waals surface area contributed by atoms with E-state index in [1.807, 2.05) is 6.92 Å². The van der Waals surface area contributed by atoms with Crippen molar-refractivity contribution in [3.05, 3.63) is 34.6 Å². The second-order valence-corrected chi connectivity index (χ2v) is 8.07. The fourth-order valence-electron chi connectivity index (χ4n) is 3.93. The first-order chi connectivity index (χ1) is 13.6. The normalized spacial score (nSPS) is 23.6. The van der Waals surface area contributed by atoms with Crippen LogP contribution in [0.25, 0.3) is 0 Å². The molecule has 2 unspecified atom stereocenters. The number of ether oxygens (including phenoxy) is 1. The maximum atomic E-state index is 14.2. The second-order valence-electron chi connectivity index (χ2n) is 7.66. The van der Waals surface area contributed by atoms with Crippen molar-refractivity contribution >= 4 is 17.6 Å². The minimum Gasteiger partial charge on any atom is -0.385 e. The standard InChI is InChI=1S/C21H32ClFN4O/c1-3-24-21(25-15-8-11-27(12-9-15)10-5-13-28-2)26-19-14-16(19)20-17(22)6-4-7-18(20)23/h4,6-7,15-16,19H,3,5,8-14H2,1-2H3,(H2,24,25,26). The van der Waals surface area contributed by atoms with Crippen molar-refractivity contribution in [1.29, 1.82) is 0 Å². The zero-order valence-corrected chi connectivity index (χ0v) is 17.6. The Hall–Kier alpha value is -1.37. The highest BCUT2D eigenvalue weighted by Crippen LogP contribution is 2.44. The second kappa shape index (κ2) is 10.4. The molecule has 5 nitrogen and oxygen atoms in total. The molecule has 1 saturated heterocycles. The average molecular weight is 411 g/mol. The minimum absolute atomic E-state index is 0.111. The van der Waals surface area contributed by atoms with Crippen LogP contribution < -0.4 is 10.6 Å². The van der Waals surface area contributed by atoms with Crippen LogP contribution in [0.15, 0.2) is 23.2 Å². The van der Waals surface area contributed by atoms with E-state index in [1.165, 1.54) is 6.07 Å². The molecule has 2 aliphatic rings. The van der Waals surface area contributed by atoms with Gasteiger partial charge in [-0.3, -0.25) is 4.99 Å². The van der Waals surface area contributed by atoms with Crippen LogP contribution in [0.2, 0.25) is 5.02 Å². The van der Waals surface area contributed by atoms with E-state index in [0.29, 0.717) is 23.2 Å². The Morgan fingerprint density at radius 3 is 2.79 bits per heavy atom. The Balaban J connectivity index is 1.47. The SMILES string of the molecule is CCN=C(NC1CCN(CCCOC)CC1)NC1CC1c1c(F)cccc1Cl. The molecule has 2 atom stereocenters. The summed E-state index contributed by atoms with van der Waals surface area (Å²) in [5, 5.41) is 7.57. The van der Waals surface area contributed by atoms with Crippen molar-refractivity contribution < 1.29 is 9.13 Å². The van der Waals surface area contributed by atoms with Crippen LogP contribution in [0.1, 0.15) is 44.1 Å². The highest BCUT2D eigenvalue weighted by atomic mass is 35.5. The van der Waals surface area contributed by atoms with Crippen LogP contribution in [0.4, 0.5) is 4.39 Å². The van der Waals surface area contributed by atoms with E-state index in [4.69, 9.17) is 16.3 Å². The molecule has 2 N–H and O–H groups in total. The van der Waals surface area contributed by atoms with Crippen molar-refractivity contribution in [3.8, 4) is 0 Å². The summed E-state index contributed by atoms with van der Waals surface area (Å²) in [7, 11) is 1.75. The molecule has 3 rings (SSSR count). The van der Waals surface area contributed by atoms with Crippen LogP contribution >= 0.6 is 11.6 Å². The Morgan fingerprint density at radius 2 is 2.11 bits per heavy atom. The van der Waals surface area contributed by atoms with Gasteiger partial charge in [0.05, 0.1) is 0 Å². The maximum Gasteiger partial charge on any atom is 0.191 e. The third kappa shape index (κ3) is 5.82. The summed E-state index contributed by atoms with van der Waals surface area (Å²) in [5.74, 6) is 0.727. The number of guanidine groups is 1. The van der Waals surface area contributed by atoms with Gasteiger partial charge < -0.3 is 20.3 Å². The van der Waals surface area contributed by atoms with E-state index >= 15 is 0 Å². The lowest BCUT2D eigenvalue weighted by atomic mass is 10.1. The number of halogens is 2. The van der Waals surface area contributed by atoms with E-state index in [0.717, 1.165) is 57.9 Å². The first-order valence-electron chi connectivity index (χ1n) is 10.3. The molecular weight excluding hydrogens is 379 g/mol. The molecule has 1 heterocycles. The van der Waals surface area contributed by atoms with Crippen LogP contribution in [0.3, 0.4) is 0 Å². The summed E-state index contributed by atoms with van der Waals surface area (Å²) in [6, 6.07) is 5.50. The van der Waals surface area contributed by atoms with Gasteiger partial charge in [0.25, 0.3) is 0 Å². The fraction of sp³-hybridized carbons (Fsp3) is 0.667. The predicted octanol–water partition coefficient (Wildman–Crippen LogP) is 3.39. The Morgan fingerprint density at radius 1 is 1.32 bits per heavy atom. The molecule has 0 radical (unpaired) electrons. The molecule has 1 aromatic carbocycles. The molecule has 0 spiro atoms. The Labute approximate surface area is 172 Å². The van der Waals surface area contributed by atoms with E-state index in [2.05, 4.69) is 20.5 Å². The van der Waals surface area contributed by atoms with E-state index in [-0.39, 0.29) is 17.8 Å². The average Bonchev–Trinajstić information content (AvgIpc) is 3.42. The van der Waals surface area contributed by atoms with E-state index in [1.54, 1.807) is 19.2 Å². The minimum atomic E-state index is -0.218. The number of methoxy groups -OCH3 is 1. The number of hydrogen-bond acceptors (Lipinski definition) is 3. The molecule has 2 fully saturated rings. The number of likely N-dealkylation sites (tertiary alicyclic amines) is 1. The summed E-state index contributed by atoms with van der Waals surface area (Å²) in [6.45, 7) is 6.85. The van der Waals surface area contributed by atoms with Gasteiger partial charge in [-0.25, -0.2) is 4.39 Å². The number of rotatable bonds is 8. The molecule has 0 aromatic heterocycles. The fourth-order valence-corrected chi connectivity index (χ4v) is 4.24. The largest absolute Gasteiger partial charge is 0.385 e. The summed E-state index contributed by atoms with van der Waals surface area (Å²) >= 11 is 6.22. The van der Waals surface area contributed by atoms with Gasteiger partial charge in [-0.1, -0.05) is 17.7 Å². The summed E-state index contributed by atoms with van der Waals surface area (Å²) in [4.78, 5) is 7.09. The van der Waals surface area contributed by atoms with E-state index in [9.17, 15) is 4.39 Å². The smallest absolute Gasteiger partial charge is 0.191 e. The highest BCUT2D eigenvalue weighted by molar-refractivity contribution is 6.31. The molecule has 1 aliphatic heterocycles. The lowest BCUT2D eigenvalue weighted by Crippen LogP contribution is -2.49. The van der Waals surface area contributed by atoms with Crippen LogP contribution in [0.5, 0.6) is 0 Å². The van der Waals surface area contributed by atoms with Crippen molar-refractivity contribution in [2.45, 2.75) is 50.6 Å². The van der Waals surface area contributed by atoms with Gasteiger partial charge in [0, 0.05) is 68.5 Å². The lowest BCUT2D eigenvalue weighted by molar-refractivity contribution is 0.155. The topological polar surface area (TPSA) is 48.9 Å². The van der Waals surface area contributed by atoms with Gasteiger partial charge in [0.1, 0.15) is 5.82 Å². The van der Waals surface area contributed by atoms with E-state index < -0.39 is 0 Å². The number of nitrogens with zero attached hydrogens (tertiary/aromatic N) is 2. The monoisotopic (exact) mass is 410 g/mol. The molecule has 156 valence electrons. The maximum absolute atomic E-state index is 14.2. The summed E-state index contributed by atoms with van der Waals surface area (Å²) in [5.41, 5.74) is 0.627. The molecular formula is C21H32ClFN4O. The highest BCUT2D eigenvalue weighted by Gasteiger charge is 2.42. The summed E-state index contributed by atoms with van der Waals surface area (Å²) in [6.07, 6.45) is 4.17. The zero-order valence-electron chi connectivity index (χ0n) is 16.9. The van der Waals surface area contributed by atoms with Gasteiger partial charge in [-0.05, 0) is 44.7 Å². The summed E-state index contributed by atoms with van der Waals surface area (Å²) < 4.78 is 19.3. The number of benzene rings is 1. The predicted molar refractivity (Wildman–Crippen MR) is 113 cm³/mol. The van der Waals surface area contributed by atoms with Crippen molar-refractivity contribution in [1.82, 2.24) is 15.5 Å². The van der Waals surface area contributed by atoms with Gasteiger partial charge in [0.2, 0.25) is 0 Å². The quantitative estimate of drug-likeness (QED) is 0.392. The molecule has 7 heteroatoms. The number of aliphatic imine (C=N–C) groups is 1. The molecule has 28 heavy (non-hydrogen) atoms. The molecule has 0 bridgehead atoms. The van der Waals surface area contributed by atoms with Crippen molar-refractivity contribution in [2.24, 2.45) is 4.99 Å². The van der Waals surface area contributed by atoms with Crippen molar-refractivity contribution in [3.63, 3.8) is 0 Å². The van der Waals surface area contributed by atoms with Crippen LogP contribution in [0, 0.1) is 5.82 Å². The number of hydrogen-bond donors (Lipinski definition) is 2. The van der Waals surface area contributed by atoms with Gasteiger partial charge in [-0.2, -0.15) is 0 Å². The molecule has 1 saturated carbocycles. The van der Waals surface area contributed by atoms with Gasteiger partial charge in [-0.15, -0.1) is 0 Å². The lowest BCUT2D eigenvalue weighted by Gasteiger charge is -2.33. The van der Waals surface area contributed by atoms with Gasteiger partial charge >= 0.3 is 0 Å². The Kier molecular flexibility index (Phi) is 7.94. The first kappa shape index (κ1) is 21.3. The molecule has 1 aliphatic carbocycles. The third-order valence-corrected chi connectivity index (χ3v) is 5.88. The van der Waals surface area contributed by atoms with Crippen molar-refractivity contribution in [2.75, 3.05) is 39.9 Å². The zero-order chi connectivity index (χ0) is 19.9. The molecule has 0 amide bonds. The first-order valence-corrected chi connectivity index (χ1v) is 10.7. The Bertz CT molecular complexity index is 644.